The van der Waals surface area contributed by atoms with Crippen LogP contribution in [-0.4, -0.2) is 20.9 Å². The molecule has 2 aromatic heterocycles. The largest absolute Gasteiger partial charge is 0.350 e. The second kappa shape index (κ2) is 7.74. The fraction of sp³-hybridized carbons (Fsp3) is 0.200. The second-order valence-corrected chi connectivity index (χ2v) is 6.13. The molecule has 3 rings (SSSR count). The molecule has 0 fully saturated rings. The van der Waals surface area contributed by atoms with Crippen molar-refractivity contribution in [1.29, 1.82) is 0 Å². The molecule has 3 aromatic rings. The van der Waals surface area contributed by atoms with E-state index in [4.69, 9.17) is 0 Å². The number of benzene rings is 1. The van der Waals surface area contributed by atoms with Crippen LogP contribution < -0.4 is 10.6 Å². The number of amides is 1. The highest BCUT2D eigenvalue weighted by Gasteiger charge is 2.12. The third kappa shape index (κ3) is 4.22. The number of carbonyl (C=O) groups is 1. The molecule has 6 heteroatoms. The molecule has 0 bridgehead atoms. The summed E-state index contributed by atoms with van der Waals surface area (Å²) < 4.78 is 0. The molecule has 0 aliphatic heterocycles. The lowest BCUT2D eigenvalue weighted by Gasteiger charge is -2.11. The highest BCUT2D eigenvalue weighted by molar-refractivity contribution is 6.03. The standard InChI is InChI=1S/C20H21N5O/c1-13-6-4-8-17(15(13)3)24-19(26)18-10-14(2)23-20(25-18)22-12-16-7-5-9-21-11-16/h4-11H,12H2,1-3H3,(H,24,26)(H,22,23,25). The van der Waals surface area contributed by atoms with Crippen LogP contribution in [0.15, 0.2) is 48.8 Å². The van der Waals surface area contributed by atoms with Gasteiger partial charge in [-0.3, -0.25) is 9.78 Å². The van der Waals surface area contributed by atoms with Crippen molar-refractivity contribution in [3.8, 4) is 0 Å². The number of aryl methyl sites for hydroxylation is 2. The molecule has 0 saturated heterocycles. The molecule has 1 amide bonds. The van der Waals surface area contributed by atoms with Crippen LogP contribution >= 0.6 is 0 Å². The lowest BCUT2D eigenvalue weighted by molar-refractivity contribution is 0.102. The topological polar surface area (TPSA) is 79.8 Å². The molecule has 26 heavy (non-hydrogen) atoms. The highest BCUT2D eigenvalue weighted by Crippen LogP contribution is 2.19. The molecular formula is C20H21N5O. The summed E-state index contributed by atoms with van der Waals surface area (Å²) in [6.07, 6.45) is 3.50. The third-order valence-corrected chi connectivity index (χ3v) is 4.11. The molecule has 0 saturated carbocycles. The Morgan fingerprint density at radius 1 is 1.08 bits per heavy atom. The Bertz CT molecular complexity index is 925. The van der Waals surface area contributed by atoms with E-state index in [9.17, 15) is 4.79 Å². The van der Waals surface area contributed by atoms with Gasteiger partial charge in [-0.1, -0.05) is 18.2 Å². The predicted octanol–water partition coefficient (Wildman–Crippen LogP) is 3.66. The fourth-order valence-corrected chi connectivity index (χ4v) is 2.52. The first-order valence-corrected chi connectivity index (χ1v) is 8.39. The number of hydrogen-bond donors (Lipinski definition) is 2. The number of hydrogen-bond acceptors (Lipinski definition) is 5. The monoisotopic (exact) mass is 347 g/mol. The van der Waals surface area contributed by atoms with Gasteiger partial charge in [0.25, 0.3) is 5.91 Å². The molecule has 132 valence electrons. The van der Waals surface area contributed by atoms with Crippen LogP contribution in [-0.2, 0) is 6.54 Å². The third-order valence-electron chi connectivity index (χ3n) is 4.11. The minimum atomic E-state index is -0.256. The van der Waals surface area contributed by atoms with Crippen LogP contribution in [0.1, 0.15) is 32.9 Å². The maximum absolute atomic E-state index is 12.6. The first-order chi connectivity index (χ1) is 12.5. The van der Waals surface area contributed by atoms with Gasteiger partial charge in [-0.2, -0.15) is 0 Å². The van der Waals surface area contributed by atoms with E-state index < -0.39 is 0 Å². The summed E-state index contributed by atoms with van der Waals surface area (Å²) in [5.74, 6) is 0.161. The van der Waals surface area contributed by atoms with Gasteiger partial charge in [0.1, 0.15) is 5.69 Å². The average molecular weight is 347 g/mol. The zero-order valence-electron chi connectivity index (χ0n) is 15.1. The number of carbonyl (C=O) groups excluding carboxylic acids is 1. The maximum atomic E-state index is 12.6. The summed E-state index contributed by atoms with van der Waals surface area (Å²) in [5, 5.41) is 6.07. The maximum Gasteiger partial charge on any atom is 0.274 e. The Kier molecular flexibility index (Phi) is 5.22. The van der Waals surface area contributed by atoms with E-state index in [0.717, 1.165) is 28.1 Å². The number of pyridine rings is 1. The van der Waals surface area contributed by atoms with Crippen LogP contribution in [0.2, 0.25) is 0 Å². The Hall–Kier alpha value is -3.28. The van der Waals surface area contributed by atoms with Crippen LogP contribution in [0.4, 0.5) is 11.6 Å². The quantitative estimate of drug-likeness (QED) is 0.736. The number of nitrogens with one attached hydrogen (secondary N) is 2. The van der Waals surface area contributed by atoms with E-state index in [0.29, 0.717) is 18.2 Å². The van der Waals surface area contributed by atoms with Crippen molar-refractivity contribution in [2.75, 3.05) is 10.6 Å². The number of rotatable bonds is 5. The van der Waals surface area contributed by atoms with Crippen molar-refractivity contribution in [1.82, 2.24) is 15.0 Å². The summed E-state index contributed by atoms with van der Waals surface area (Å²) >= 11 is 0. The summed E-state index contributed by atoms with van der Waals surface area (Å²) in [7, 11) is 0. The van der Waals surface area contributed by atoms with Gasteiger partial charge < -0.3 is 10.6 Å². The van der Waals surface area contributed by atoms with Crippen molar-refractivity contribution in [2.45, 2.75) is 27.3 Å². The van der Waals surface area contributed by atoms with Crippen LogP contribution in [0.25, 0.3) is 0 Å². The van der Waals surface area contributed by atoms with E-state index in [1.807, 2.05) is 51.1 Å². The van der Waals surface area contributed by atoms with Gasteiger partial charge in [-0.05, 0) is 55.7 Å². The first-order valence-electron chi connectivity index (χ1n) is 8.39. The summed E-state index contributed by atoms with van der Waals surface area (Å²) in [6.45, 7) is 6.37. The van der Waals surface area contributed by atoms with Crippen molar-refractivity contribution < 1.29 is 4.79 Å². The Labute approximate surface area is 152 Å². The molecule has 6 nitrogen and oxygen atoms in total. The zero-order valence-corrected chi connectivity index (χ0v) is 15.1. The van der Waals surface area contributed by atoms with Gasteiger partial charge in [0.05, 0.1) is 0 Å². The molecule has 0 atom stereocenters. The predicted molar refractivity (Wildman–Crippen MR) is 102 cm³/mol. The van der Waals surface area contributed by atoms with E-state index >= 15 is 0 Å². The lowest BCUT2D eigenvalue weighted by Crippen LogP contribution is -2.17. The van der Waals surface area contributed by atoms with Crippen molar-refractivity contribution in [3.63, 3.8) is 0 Å². The van der Waals surface area contributed by atoms with E-state index in [2.05, 4.69) is 25.6 Å². The Balaban J connectivity index is 1.76. The molecule has 0 unspecified atom stereocenters. The molecule has 0 radical (unpaired) electrons. The van der Waals surface area contributed by atoms with E-state index in [1.165, 1.54) is 0 Å². The summed E-state index contributed by atoms with van der Waals surface area (Å²) in [4.78, 5) is 25.4. The second-order valence-electron chi connectivity index (χ2n) is 6.13. The number of anilines is 2. The Morgan fingerprint density at radius 3 is 2.69 bits per heavy atom. The van der Waals surface area contributed by atoms with Gasteiger partial charge in [0.2, 0.25) is 5.95 Å². The van der Waals surface area contributed by atoms with Gasteiger partial charge in [-0.15, -0.1) is 0 Å². The van der Waals surface area contributed by atoms with Crippen molar-refractivity contribution in [3.05, 3.63) is 76.9 Å². The van der Waals surface area contributed by atoms with Gasteiger partial charge in [0.15, 0.2) is 0 Å². The van der Waals surface area contributed by atoms with Crippen LogP contribution in [0.5, 0.6) is 0 Å². The normalized spacial score (nSPS) is 10.4. The molecule has 0 aliphatic rings. The molecule has 0 aliphatic carbocycles. The van der Waals surface area contributed by atoms with E-state index in [1.54, 1.807) is 18.5 Å². The molecule has 2 heterocycles. The molecule has 2 N–H and O–H groups in total. The minimum absolute atomic E-state index is 0.256. The lowest BCUT2D eigenvalue weighted by atomic mass is 10.1. The SMILES string of the molecule is Cc1cc(C(=O)Nc2cccc(C)c2C)nc(NCc2cccnc2)n1. The summed E-state index contributed by atoms with van der Waals surface area (Å²) in [6, 6.07) is 11.3. The van der Waals surface area contributed by atoms with Crippen molar-refractivity contribution in [2.24, 2.45) is 0 Å². The van der Waals surface area contributed by atoms with Crippen LogP contribution in [0.3, 0.4) is 0 Å². The molecule has 0 spiro atoms. The number of aromatic nitrogens is 3. The number of nitrogens with zero attached hydrogens (tertiary/aromatic N) is 3. The van der Waals surface area contributed by atoms with Gasteiger partial charge in [0, 0.05) is 30.3 Å². The van der Waals surface area contributed by atoms with Gasteiger partial charge >= 0.3 is 0 Å². The molecular weight excluding hydrogens is 326 g/mol. The average Bonchev–Trinajstić information content (AvgIpc) is 2.64. The molecule has 1 aromatic carbocycles. The van der Waals surface area contributed by atoms with E-state index in [-0.39, 0.29) is 5.91 Å². The summed E-state index contributed by atoms with van der Waals surface area (Å²) in [5.41, 5.74) is 5.02. The van der Waals surface area contributed by atoms with Crippen molar-refractivity contribution >= 4 is 17.5 Å². The Morgan fingerprint density at radius 2 is 1.92 bits per heavy atom. The minimum Gasteiger partial charge on any atom is -0.350 e. The van der Waals surface area contributed by atoms with Gasteiger partial charge in [-0.25, -0.2) is 9.97 Å². The fourth-order valence-electron chi connectivity index (χ4n) is 2.52. The smallest absolute Gasteiger partial charge is 0.274 e. The first kappa shape index (κ1) is 17.5. The zero-order chi connectivity index (χ0) is 18.5. The van der Waals surface area contributed by atoms with Crippen LogP contribution in [0, 0.1) is 20.8 Å². The highest BCUT2D eigenvalue weighted by atomic mass is 16.1.